The molecule has 0 unspecified atom stereocenters. The van der Waals surface area contributed by atoms with E-state index >= 15 is 0 Å². The van der Waals surface area contributed by atoms with Gasteiger partial charge in [0, 0.05) is 31.0 Å². The van der Waals surface area contributed by atoms with Crippen molar-refractivity contribution in [3.63, 3.8) is 0 Å². The number of carbonyl (C=O) groups excluding carboxylic acids is 1. The average molecular weight is 359 g/mol. The molecule has 3 aromatic rings. The molecule has 0 aromatic carbocycles. The molecule has 3 rings (SSSR count). The van der Waals surface area contributed by atoms with E-state index in [9.17, 15) is 14.4 Å². The summed E-state index contributed by atoms with van der Waals surface area (Å²) in [5, 5.41) is 7.22. The number of carbonyl (C=O) groups is 1. The number of rotatable bonds is 4. The van der Waals surface area contributed by atoms with E-state index in [2.05, 4.69) is 20.4 Å². The standard InChI is InChI=1S/C16H17N5O3S/c1-8-9(2)25-16-13(8)15(24)18-11(19-16)6-7-17-14(23)10-4-5-12(22)21(3)20-10/h4-5H,6-7H2,1-3H3,(H,17,23)(H,18,19,24). The molecule has 0 radical (unpaired) electrons. The van der Waals surface area contributed by atoms with Crippen LogP contribution in [0.2, 0.25) is 0 Å². The highest BCUT2D eigenvalue weighted by Gasteiger charge is 2.12. The minimum atomic E-state index is -0.387. The molecule has 25 heavy (non-hydrogen) atoms. The predicted octanol–water partition coefficient (Wildman–Crippen LogP) is 0.668. The number of nitrogens with zero attached hydrogens (tertiary/aromatic N) is 3. The zero-order valence-electron chi connectivity index (χ0n) is 14.0. The highest BCUT2D eigenvalue weighted by atomic mass is 32.1. The monoisotopic (exact) mass is 359 g/mol. The molecular formula is C16H17N5O3S. The molecule has 3 heterocycles. The highest BCUT2D eigenvalue weighted by molar-refractivity contribution is 7.18. The van der Waals surface area contributed by atoms with Crippen molar-refractivity contribution in [2.75, 3.05) is 6.54 Å². The number of hydrogen-bond donors (Lipinski definition) is 2. The van der Waals surface area contributed by atoms with Crippen LogP contribution < -0.4 is 16.4 Å². The van der Waals surface area contributed by atoms with Crippen LogP contribution in [0.5, 0.6) is 0 Å². The number of H-pyrrole nitrogens is 1. The van der Waals surface area contributed by atoms with Crippen LogP contribution in [0, 0.1) is 13.8 Å². The van der Waals surface area contributed by atoms with Crippen molar-refractivity contribution in [1.29, 1.82) is 0 Å². The van der Waals surface area contributed by atoms with E-state index in [0.29, 0.717) is 29.0 Å². The van der Waals surface area contributed by atoms with Gasteiger partial charge in [0.15, 0.2) is 0 Å². The van der Waals surface area contributed by atoms with Gasteiger partial charge < -0.3 is 10.3 Å². The van der Waals surface area contributed by atoms with Crippen LogP contribution in [0.3, 0.4) is 0 Å². The van der Waals surface area contributed by atoms with Crippen molar-refractivity contribution in [3.05, 3.63) is 54.8 Å². The fourth-order valence-electron chi connectivity index (χ4n) is 2.43. The third kappa shape index (κ3) is 3.36. The second kappa shape index (κ2) is 6.60. The van der Waals surface area contributed by atoms with E-state index in [0.717, 1.165) is 15.1 Å². The highest BCUT2D eigenvalue weighted by Crippen LogP contribution is 2.25. The maximum atomic E-state index is 12.2. The van der Waals surface area contributed by atoms with Gasteiger partial charge in [-0.2, -0.15) is 5.10 Å². The fraction of sp³-hybridized carbons (Fsp3) is 0.312. The molecule has 0 saturated carbocycles. The Morgan fingerprint density at radius 2 is 2.08 bits per heavy atom. The predicted molar refractivity (Wildman–Crippen MR) is 95.2 cm³/mol. The van der Waals surface area contributed by atoms with E-state index in [4.69, 9.17) is 0 Å². The number of nitrogens with one attached hydrogen (secondary N) is 2. The first-order valence-electron chi connectivity index (χ1n) is 7.68. The Labute approximate surface area is 146 Å². The molecule has 8 nitrogen and oxygen atoms in total. The fourth-order valence-corrected chi connectivity index (χ4v) is 3.47. The zero-order valence-corrected chi connectivity index (χ0v) is 14.9. The summed E-state index contributed by atoms with van der Waals surface area (Å²) in [6.45, 7) is 4.16. The summed E-state index contributed by atoms with van der Waals surface area (Å²) in [6, 6.07) is 2.66. The van der Waals surface area contributed by atoms with E-state index in [1.807, 2.05) is 13.8 Å². The quantitative estimate of drug-likeness (QED) is 0.711. The van der Waals surface area contributed by atoms with Crippen LogP contribution in [0.4, 0.5) is 0 Å². The molecule has 0 fully saturated rings. The Morgan fingerprint density at radius 1 is 1.32 bits per heavy atom. The Balaban J connectivity index is 1.70. The van der Waals surface area contributed by atoms with E-state index in [-0.39, 0.29) is 22.7 Å². The minimum Gasteiger partial charge on any atom is -0.350 e. The molecule has 0 aliphatic carbocycles. The number of amides is 1. The molecule has 130 valence electrons. The smallest absolute Gasteiger partial charge is 0.271 e. The summed E-state index contributed by atoms with van der Waals surface area (Å²) >= 11 is 1.49. The Kier molecular flexibility index (Phi) is 4.49. The van der Waals surface area contributed by atoms with Gasteiger partial charge in [-0.1, -0.05) is 0 Å². The van der Waals surface area contributed by atoms with Crippen LogP contribution >= 0.6 is 11.3 Å². The van der Waals surface area contributed by atoms with Gasteiger partial charge in [-0.25, -0.2) is 9.67 Å². The van der Waals surface area contributed by atoms with Gasteiger partial charge >= 0.3 is 0 Å². The van der Waals surface area contributed by atoms with Crippen molar-refractivity contribution >= 4 is 27.5 Å². The second-order valence-corrected chi connectivity index (χ2v) is 6.87. The van der Waals surface area contributed by atoms with Crippen molar-refractivity contribution in [2.45, 2.75) is 20.3 Å². The number of aromatic nitrogens is 4. The SMILES string of the molecule is Cc1sc2nc(CCNC(=O)c3ccc(=O)n(C)n3)[nH]c(=O)c2c1C. The van der Waals surface area contributed by atoms with Crippen LogP contribution in [0.1, 0.15) is 26.8 Å². The molecule has 3 aromatic heterocycles. The number of thiophene rings is 1. The van der Waals surface area contributed by atoms with Gasteiger partial charge in [0.2, 0.25) is 0 Å². The molecule has 0 aliphatic heterocycles. The molecule has 9 heteroatoms. The van der Waals surface area contributed by atoms with Gasteiger partial charge in [0.05, 0.1) is 5.39 Å². The third-order valence-electron chi connectivity index (χ3n) is 3.93. The molecule has 0 spiro atoms. The summed E-state index contributed by atoms with van der Waals surface area (Å²) in [4.78, 5) is 44.5. The van der Waals surface area contributed by atoms with Gasteiger partial charge in [0.25, 0.3) is 17.0 Å². The summed E-state index contributed by atoms with van der Waals surface area (Å²) in [7, 11) is 1.48. The Hall–Kier alpha value is -2.81. The Bertz CT molecular complexity index is 1080. The molecule has 2 N–H and O–H groups in total. The number of hydrogen-bond acceptors (Lipinski definition) is 6. The van der Waals surface area contributed by atoms with E-state index in [1.54, 1.807) is 0 Å². The van der Waals surface area contributed by atoms with Crippen LogP contribution in [-0.4, -0.2) is 32.2 Å². The van der Waals surface area contributed by atoms with Crippen molar-refractivity contribution in [2.24, 2.45) is 7.05 Å². The summed E-state index contributed by atoms with van der Waals surface area (Å²) < 4.78 is 1.10. The molecule has 0 atom stereocenters. The second-order valence-electron chi connectivity index (χ2n) is 5.66. The van der Waals surface area contributed by atoms with Crippen LogP contribution in [0.15, 0.2) is 21.7 Å². The lowest BCUT2D eigenvalue weighted by Gasteiger charge is -2.05. The molecule has 0 bridgehead atoms. The van der Waals surface area contributed by atoms with E-state index in [1.165, 1.54) is 30.5 Å². The molecule has 0 aliphatic rings. The van der Waals surface area contributed by atoms with Gasteiger partial charge in [-0.3, -0.25) is 14.4 Å². The normalized spacial score (nSPS) is 11.0. The summed E-state index contributed by atoms with van der Waals surface area (Å²) in [5.74, 6) is 0.134. The lowest BCUT2D eigenvalue weighted by Crippen LogP contribution is -2.30. The number of aryl methyl sites for hydroxylation is 3. The third-order valence-corrected chi connectivity index (χ3v) is 5.03. The van der Waals surface area contributed by atoms with Gasteiger partial charge in [-0.05, 0) is 25.5 Å². The Morgan fingerprint density at radius 3 is 2.80 bits per heavy atom. The lowest BCUT2D eigenvalue weighted by molar-refractivity contribution is 0.0946. The zero-order chi connectivity index (χ0) is 18.1. The molecular weight excluding hydrogens is 342 g/mol. The number of aromatic amines is 1. The van der Waals surface area contributed by atoms with Gasteiger partial charge in [0.1, 0.15) is 16.3 Å². The first-order chi connectivity index (χ1) is 11.9. The lowest BCUT2D eigenvalue weighted by atomic mass is 10.2. The molecule has 0 saturated heterocycles. The topological polar surface area (TPSA) is 110 Å². The van der Waals surface area contributed by atoms with Crippen molar-refractivity contribution < 1.29 is 4.79 Å². The largest absolute Gasteiger partial charge is 0.350 e. The van der Waals surface area contributed by atoms with E-state index < -0.39 is 0 Å². The van der Waals surface area contributed by atoms with Crippen molar-refractivity contribution in [3.8, 4) is 0 Å². The maximum Gasteiger partial charge on any atom is 0.271 e. The minimum absolute atomic E-state index is 0.156. The maximum absolute atomic E-state index is 12.2. The first-order valence-corrected chi connectivity index (χ1v) is 8.50. The summed E-state index contributed by atoms with van der Waals surface area (Å²) in [6.07, 6.45) is 0.388. The number of fused-ring (bicyclic) bond motifs is 1. The average Bonchev–Trinajstić information content (AvgIpc) is 2.84. The van der Waals surface area contributed by atoms with Gasteiger partial charge in [-0.15, -0.1) is 11.3 Å². The first kappa shape index (κ1) is 17.0. The van der Waals surface area contributed by atoms with Crippen molar-refractivity contribution in [1.82, 2.24) is 25.1 Å². The van der Waals surface area contributed by atoms with Crippen LogP contribution in [0.25, 0.3) is 10.2 Å². The molecule has 1 amide bonds. The summed E-state index contributed by atoms with van der Waals surface area (Å²) in [5.41, 5.74) is 0.666. The van der Waals surface area contributed by atoms with Crippen LogP contribution in [-0.2, 0) is 13.5 Å².